The van der Waals surface area contributed by atoms with E-state index in [1.54, 1.807) is 12.3 Å². The van der Waals surface area contributed by atoms with E-state index in [2.05, 4.69) is 15.4 Å². The summed E-state index contributed by atoms with van der Waals surface area (Å²) in [6, 6.07) is 10.2. The zero-order valence-corrected chi connectivity index (χ0v) is 18.1. The third-order valence-corrected chi connectivity index (χ3v) is 6.73. The number of nitrogens with zero attached hydrogens (tertiary/aromatic N) is 4. The van der Waals surface area contributed by atoms with Crippen molar-refractivity contribution in [3.8, 4) is 11.1 Å². The fourth-order valence-electron chi connectivity index (χ4n) is 4.22. The third-order valence-electron chi connectivity index (χ3n) is 5.85. The number of benzene rings is 1. The van der Waals surface area contributed by atoms with Crippen molar-refractivity contribution >= 4 is 33.3 Å². The van der Waals surface area contributed by atoms with Crippen molar-refractivity contribution in [2.75, 3.05) is 5.32 Å². The summed E-state index contributed by atoms with van der Waals surface area (Å²) in [6.45, 7) is 1.93. The number of hydrogen-bond donors (Lipinski definition) is 1. The predicted molar refractivity (Wildman–Crippen MR) is 122 cm³/mol. The molecule has 0 saturated heterocycles. The van der Waals surface area contributed by atoms with Crippen molar-refractivity contribution in [1.29, 1.82) is 0 Å². The highest BCUT2D eigenvalue weighted by Gasteiger charge is 2.21. The van der Waals surface area contributed by atoms with Crippen molar-refractivity contribution in [1.82, 2.24) is 19.3 Å². The fourth-order valence-corrected chi connectivity index (χ4v) is 5.12. The lowest BCUT2D eigenvalue weighted by molar-refractivity contribution is -0.116. The molecule has 8 heteroatoms. The van der Waals surface area contributed by atoms with Gasteiger partial charge >= 0.3 is 0 Å². The van der Waals surface area contributed by atoms with Crippen LogP contribution < -0.4 is 10.9 Å². The first-order valence-corrected chi connectivity index (χ1v) is 11.3. The lowest BCUT2D eigenvalue weighted by atomic mass is 10.1. The van der Waals surface area contributed by atoms with Crippen LogP contribution in [0.2, 0.25) is 0 Å². The molecule has 1 amide bonds. The summed E-state index contributed by atoms with van der Waals surface area (Å²) in [4.78, 5) is 31.0. The van der Waals surface area contributed by atoms with Crippen LogP contribution in [0.1, 0.15) is 37.3 Å². The largest absolute Gasteiger partial charge is 0.309 e. The Balaban J connectivity index is 1.41. The first-order valence-electron chi connectivity index (χ1n) is 10.5. The number of hydrogen-bond acceptors (Lipinski definition) is 5. The van der Waals surface area contributed by atoms with E-state index in [9.17, 15) is 9.59 Å². The summed E-state index contributed by atoms with van der Waals surface area (Å²) in [5, 5.41) is 9.81. The van der Waals surface area contributed by atoms with Crippen LogP contribution in [0.4, 0.5) is 5.82 Å². The van der Waals surface area contributed by atoms with E-state index in [4.69, 9.17) is 0 Å². The van der Waals surface area contributed by atoms with Gasteiger partial charge in [-0.2, -0.15) is 5.10 Å². The van der Waals surface area contributed by atoms with Gasteiger partial charge in [-0.1, -0.05) is 42.7 Å². The van der Waals surface area contributed by atoms with E-state index >= 15 is 0 Å². The average molecular weight is 434 g/mol. The summed E-state index contributed by atoms with van der Waals surface area (Å²) < 4.78 is 3.27. The van der Waals surface area contributed by atoms with Crippen molar-refractivity contribution in [3.05, 3.63) is 64.2 Å². The quantitative estimate of drug-likeness (QED) is 0.506. The normalized spacial score (nSPS) is 14.4. The van der Waals surface area contributed by atoms with Gasteiger partial charge in [0.05, 0.1) is 24.0 Å². The molecule has 1 aliphatic rings. The Morgan fingerprint density at radius 3 is 2.74 bits per heavy atom. The van der Waals surface area contributed by atoms with Crippen LogP contribution in [0.3, 0.4) is 0 Å². The Kier molecular flexibility index (Phi) is 5.15. The second kappa shape index (κ2) is 8.11. The number of anilines is 1. The standard InChI is InChI=1S/C23H23N5O2S/c1-15-6-8-16(9-7-15)18-13-31-22-21(18)23(30)27(14-24-22)12-20(29)26-19-10-11-25-28(19)17-4-2-3-5-17/h6-11,13-14,17H,2-5,12H2,1H3,(H,26,29). The van der Waals surface area contributed by atoms with Crippen LogP contribution in [0, 0.1) is 6.92 Å². The number of thiophene rings is 1. The van der Waals surface area contributed by atoms with Gasteiger partial charge in [0.1, 0.15) is 17.2 Å². The van der Waals surface area contributed by atoms with Crippen LogP contribution in [0.15, 0.2) is 53.0 Å². The van der Waals surface area contributed by atoms with Crippen LogP contribution in [0.5, 0.6) is 0 Å². The van der Waals surface area contributed by atoms with Crippen LogP contribution in [0.25, 0.3) is 21.3 Å². The Bertz CT molecular complexity index is 1300. The number of aromatic nitrogens is 4. The number of carbonyl (C=O) groups excluding carboxylic acids is 1. The highest BCUT2D eigenvalue weighted by molar-refractivity contribution is 7.17. The van der Waals surface area contributed by atoms with Gasteiger partial charge in [0.2, 0.25) is 5.91 Å². The summed E-state index contributed by atoms with van der Waals surface area (Å²) in [5.41, 5.74) is 2.78. The highest BCUT2D eigenvalue weighted by Crippen LogP contribution is 2.32. The van der Waals surface area contributed by atoms with Gasteiger partial charge in [-0.05, 0) is 25.3 Å². The minimum atomic E-state index is -0.268. The molecular weight excluding hydrogens is 410 g/mol. The lowest BCUT2D eigenvalue weighted by Crippen LogP contribution is -2.28. The summed E-state index contributed by atoms with van der Waals surface area (Å²) in [5.74, 6) is 0.407. The molecule has 0 aliphatic heterocycles. The Hall–Kier alpha value is -3.26. The summed E-state index contributed by atoms with van der Waals surface area (Å²) >= 11 is 1.44. The van der Waals surface area contributed by atoms with Gasteiger partial charge in [0.25, 0.3) is 5.56 Å². The van der Waals surface area contributed by atoms with Gasteiger partial charge < -0.3 is 5.32 Å². The zero-order valence-electron chi connectivity index (χ0n) is 17.2. The molecule has 1 fully saturated rings. The van der Waals surface area contributed by atoms with Crippen molar-refractivity contribution in [2.24, 2.45) is 0 Å². The van der Waals surface area contributed by atoms with Crippen molar-refractivity contribution in [3.63, 3.8) is 0 Å². The molecule has 7 nitrogen and oxygen atoms in total. The van der Waals surface area contributed by atoms with Gasteiger partial charge in [0.15, 0.2) is 0 Å². The molecule has 5 rings (SSSR count). The monoisotopic (exact) mass is 433 g/mol. The van der Waals surface area contributed by atoms with Crippen molar-refractivity contribution < 1.29 is 4.79 Å². The number of carbonyl (C=O) groups is 1. The fraction of sp³-hybridized carbons (Fsp3) is 0.304. The van der Waals surface area contributed by atoms with E-state index in [-0.39, 0.29) is 18.0 Å². The molecule has 0 unspecified atom stereocenters. The number of amides is 1. The van der Waals surface area contributed by atoms with E-state index in [0.29, 0.717) is 22.1 Å². The van der Waals surface area contributed by atoms with Crippen molar-refractivity contribution in [2.45, 2.75) is 45.2 Å². The highest BCUT2D eigenvalue weighted by atomic mass is 32.1. The minimum Gasteiger partial charge on any atom is -0.309 e. The Morgan fingerprint density at radius 2 is 1.97 bits per heavy atom. The van der Waals surface area contributed by atoms with Gasteiger partial charge in [-0.25, -0.2) is 9.67 Å². The maximum absolute atomic E-state index is 13.2. The molecule has 0 spiro atoms. The van der Waals surface area contributed by atoms with Gasteiger partial charge in [-0.15, -0.1) is 11.3 Å². The molecule has 0 bridgehead atoms. The number of nitrogens with one attached hydrogen (secondary N) is 1. The molecule has 3 aromatic heterocycles. The molecule has 1 N–H and O–H groups in total. The zero-order chi connectivity index (χ0) is 21.4. The topological polar surface area (TPSA) is 81.8 Å². The van der Waals surface area contributed by atoms with Crippen LogP contribution in [-0.2, 0) is 11.3 Å². The maximum atomic E-state index is 13.2. The minimum absolute atomic E-state index is 0.0964. The second-order valence-corrected chi connectivity index (χ2v) is 8.88. The molecule has 0 atom stereocenters. The number of rotatable bonds is 5. The van der Waals surface area contributed by atoms with Gasteiger partial charge in [-0.3, -0.25) is 14.2 Å². The summed E-state index contributed by atoms with van der Waals surface area (Å²) in [7, 11) is 0. The molecule has 1 saturated carbocycles. The SMILES string of the molecule is Cc1ccc(-c2csc3ncn(CC(=O)Nc4ccnn4C4CCCC4)c(=O)c23)cc1. The Morgan fingerprint density at radius 1 is 1.19 bits per heavy atom. The molecule has 158 valence electrons. The molecule has 4 aromatic rings. The third kappa shape index (κ3) is 3.79. The maximum Gasteiger partial charge on any atom is 0.263 e. The van der Waals surface area contributed by atoms with Crippen LogP contribution in [-0.4, -0.2) is 25.2 Å². The first-order chi connectivity index (χ1) is 15.1. The first kappa shape index (κ1) is 19.7. The van der Waals surface area contributed by atoms with E-state index in [0.717, 1.165) is 29.5 Å². The molecule has 1 aromatic carbocycles. The molecule has 0 radical (unpaired) electrons. The van der Waals surface area contributed by atoms with E-state index in [1.165, 1.54) is 35.1 Å². The van der Waals surface area contributed by atoms with E-state index < -0.39 is 0 Å². The molecule has 1 aliphatic carbocycles. The lowest BCUT2D eigenvalue weighted by Gasteiger charge is -2.15. The molecule has 3 heterocycles. The number of aryl methyl sites for hydroxylation is 1. The molecular formula is C23H23N5O2S. The smallest absolute Gasteiger partial charge is 0.263 e. The number of fused-ring (bicyclic) bond motifs is 1. The summed E-state index contributed by atoms with van der Waals surface area (Å²) in [6.07, 6.45) is 7.67. The van der Waals surface area contributed by atoms with E-state index in [1.807, 2.05) is 41.3 Å². The predicted octanol–water partition coefficient (Wildman–Crippen LogP) is 4.38. The van der Waals surface area contributed by atoms with Crippen LogP contribution >= 0.6 is 11.3 Å². The molecule has 31 heavy (non-hydrogen) atoms. The second-order valence-electron chi connectivity index (χ2n) is 8.02. The Labute approximate surface area is 183 Å². The van der Waals surface area contributed by atoms with Gasteiger partial charge in [0, 0.05) is 17.0 Å². The average Bonchev–Trinajstić information content (AvgIpc) is 3.51.